The highest BCUT2D eigenvalue weighted by Crippen LogP contribution is 2.40. The van der Waals surface area contributed by atoms with Crippen molar-refractivity contribution in [3.8, 4) is 23.2 Å². The van der Waals surface area contributed by atoms with Crippen molar-refractivity contribution in [3.63, 3.8) is 0 Å². The summed E-state index contributed by atoms with van der Waals surface area (Å²) < 4.78 is 6.82. The van der Waals surface area contributed by atoms with Crippen molar-refractivity contribution in [1.82, 2.24) is 34.9 Å². The van der Waals surface area contributed by atoms with E-state index in [2.05, 4.69) is 36.3 Å². The average molecular weight is 1010 g/mol. The lowest BCUT2D eigenvalue weighted by atomic mass is 9.86. The van der Waals surface area contributed by atoms with Crippen LogP contribution in [0.3, 0.4) is 0 Å². The number of unbranched alkanes of at least 4 members (excludes halogenated alkanes) is 2. The second-order valence-electron chi connectivity index (χ2n) is 20.6. The lowest BCUT2D eigenvalue weighted by Gasteiger charge is -2.36. The second kappa shape index (κ2) is 21.1. The highest BCUT2D eigenvalue weighted by Gasteiger charge is 2.45. The number of carbonyl (C=O) groups excluding carboxylic acids is 3. The first-order chi connectivity index (χ1) is 35.3. The van der Waals surface area contributed by atoms with E-state index < -0.39 is 11.6 Å². The van der Waals surface area contributed by atoms with Gasteiger partial charge in [0.05, 0.1) is 39.6 Å². The molecule has 0 spiro atoms. The Bertz CT molecular complexity index is 3030. The minimum atomic E-state index is -1.90. The van der Waals surface area contributed by atoms with Crippen molar-refractivity contribution in [3.05, 3.63) is 103 Å². The number of carbonyl (C=O) groups is 3. The number of piperidine rings is 1. The Balaban J connectivity index is 0.626. The lowest BCUT2D eigenvalue weighted by Crippen LogP contribution is -2.48. The molecule has 0 radical (unpaired) electrons. The Morgan fingerprint density at radius 3 is 2.44 bits per heavy atom. The molecular weight excluding hydrogens is 948 g/mol. The molecule has 1 atom stereocenters. The number of aromatic hydroxyl groups is 1. The molecule has 18 heteroatoms. The fourth-order valence-corrected chi connectivity index (χ4v) is 11.9. The maximum atomic E-state index is 13.7. The van der Waals surface area contributed by atoms with Gasteiger partial charge in [-0.15, -0.1) is 10.2 Å². The summed E-state index contributed by atoms with van der Waals surface area (Å²) in [5.41, 5.74) is 3.47. The van der Waals surface area contributed by atoms with Crippen LogP contribution in [0.5, 0.6) is 5.75 Å². The number of halogens is 1. The zero-order chi connectivity index (χ0) is 51.0. The number of cyclic esters (lactones) is 1. The number of esters is 1. The number of anilines is 2. The number of ether oxygens (including phenoxy) is 1. The molecule has 2 aromatic carbocycles. The Morgan fingerprint density at radius 2 is 1.73 bits per heavy atom. The van der Waals surface area contributed by atoms with E-state index in [1.807, 2.05) is 36.2 Å². The predicted octanol–water partition coefficient (Wildman–Crippen LogP) is 6.79. The molecule has 382 valence electrons. The third-order valence-corrected chi connectivity index (χ3v) is 16.6. The Hall–Kier alpha value is -6.61. The first kappa shape index (κ1) is 49.9. The van der Waals surface area contributed by atoms with Gasteiger partial charge in [-0.1, -0.05) is 37.8 Å². The molecule has 1 saturated carbocycles. The number of amides is 2. The number of hydrogen-bond acceptors (Lipinski definition) is 14. The number of nitrogens with one attached hydrogen (secondary N) is 1. The van der Waals surface area contributed by atoms with E-state index >= 15 is 0 Å². The van der Waals surface area contributed by atoms with Crippen molar-refractivity contribution >= 4 is 51.8 Å². The fourth-order valence-electron chi connectivity index (χ4n) is 11.6. The van der Waals surface area contributed by atoms with E-state index in [4.69, 9.17) is 21.3 Å². The number of piperazine rings is 1. The minimum absolute atomic E-state index is 0.0684. The fraction of sp³-hybridized carbons (Fsp3) is 0.491. The van der Waals surface area contributed by atoms with Crippen molar-refractivity contribution < 1.29 is 29.3 Å². The summed E-state index contributed by atoms with van der Waals surface area (Å²) in [6.45, 7) is 6.63. The topological polar surface area (TPSA) is 210 Å². The number of aliphatic hydroxyl groups is 1. The van der Waals surface area contributed by atoms with Crippen LogP contribution in [-0.2, 0) is 39.6 Å². The van der Waals surface area contributed by atoms with Crippen LogP contribution < -0.4 is 20.7 Å². The third-order valence-electron chi connectivity index (χ3n) is 16.3. The number of phenolic OH excluding ortho intramolecular Hbond substituents is 1. The lowest BCUT2D eigenvalue weighted by molar-refractivity contribution is -0.172. The molecule has 73 heavy (non-hydrogen) atoms. The van der Waals surface area contributed by atoms with Gasteiger partial charge in [0.2, 0.25) is 5.91 Å². The Labute approximate surface area is 429 Å². The van der Waals surface area contributed by atoms with Gasteiger partial charge in [0.1, 0.15) is 18.4 Å². The molecule has 10 rings (SSSR count). The maximum absolute atomic E-state index is 13.7. The van der Waals surface area contributed by atoms with Crippen LogP contribution in [0.1, 0.15) is 122 Å². The molecular formula is C55H63ClN10O7. The number of benzene rings is 2. The number of phenols is 1. The number of hydrogen-bond donors (Lipinski definition) is 3. The van der Waals surface area contributed by atoms with Gasteiger partial charge >= 0.3 is 5.97 Å². The van der Waals surface area contributed by atoms with E-state index in [0.29, 0.717) is 84.3 Å². The smallest absolute Gasteiger partial charge is 0.343 e. The van der Waals surface area contributed by atoms with Crippen LogP contribution in [0.15, 0.2) is 59.4 Å². The summed E-state index contributed by atoms with van der Waals surface area (Å²) in [6.07, 6.45) is 10.4. The molecule has 0 bridgehead atoms. The minimum Gasteiger partial charge on any atom is -0.508 e. The van der Waals surface area contributed by atoms with Gasteiger partial charge in [0.25, 0.3) is 11.5 Å². The van der Waals surface area contributed by atoms with Gasteiger partial charge in [-0.2, -0.15) is 5.26 Å². The molecule has 3 aromatic heterocycles. The first-order valence-electron chi connectivity index (χ1n) is 26.0. The van der Waals surface area contributed by atoms with Gasteiger partial charge in [0, 0.05) is 99.1 Å². The van der Waals surface area contributed by atoms with Crippen LogP contribution >= 0.6 is 11.6 Å². The molecule has 2 saturated heterocycles. The average Bonchev–Trinajstić information content (AvgIpc) is 3.78. The number of pyridine rings is 2. The van der Waals surface area contributed by atoms with Crippen LogP contribution in [0.4, 0.5) is 11.5 Å². The zero-order valence-electron chi connectivity index (χ0n) is 41.6. The molecule has 3 N–H and O–H groups in total. The Kier molecular flexibility index (Phi) is 14.4. The molecule has 5 aliphatic rings. The number of nitriles is 1. The first-order valence-corrected chi connectivity index (χ1v) is 26.3. The van der Waals surface area contributed by atoms with Crippen molar-refractivity contribution in [2.75, 3.05) is 56.1 Å². The standard InChI is InChI=1S/C55H63ClN10O7/c1-3-55(72)43-29-47-51-36(31-66(47)53(70)42(43)33-73-54(55)71)27-40-41(48(67)17-15-45(40)59-51)32-63-23-25-65(26-24-63)50(68)8-6-4-5-7-34-19-21-64(22-20-34)49-18-16-46(60-61-49)52(69)58-37-10-13-38(14-11-37)62(2)39-12-9-35(30-57)44(56)28-39/h9,12,15-18,27-29,34,37-38,67,72H,3-8,10-11,13-14,19-26,31-33H2,1-2H3,(H,58,69)/t37-,38-,55-/m0/s1. The van der Waals surface area contributed by atoms with Crippen molar-refractivity contribution in [2.24, 2.45) is 5.92 Å². The van der Waals surface area contributed by atoms with E-state index in [1.54, 1.807) is 41.8 Å². The molecule has 1 aliphatic carbocycles. The highest BCUT2D eigenvalue weighted by molar-refractivity contribution is 6.32. The SMILES string of the molecule is CC[C@@]1(O)C(=O)OCc2c1cc1n(c2=O)Cc2cc3c(CN4CCN(C(=O)CCCCCC5CCN(c6ccc(C(=O)N[C@H]7CC[C@H](N(C)c8ccc(C#N)c(Cl)c8)CC7)nn6)CC5)CC4)c(O)ccc3nc2-1. The monoisotopic (exact) mass is 1010 g/mol. The van der Waals surface area contributed by atoms with Crippen LogP contribution in [0.2, 0.25) is 5.02 Å². The summed E-state index contributed by atoms with van der Waals surface area (Å²) in [5.74, 6) is 0.820. The quantitative estimate of drug-likeness (QED) is 0.0759. The van der Waals surface area contributed by atoms with Gasteiger partial charge in [0.15, 0.2) is 17.1 Å². The summed E-state index contributed by atoms with van der Waals surface area (Å²) in [7, 11) is 2.05. The normalized spacial score (nSPS) is 21.0. The van der Waals surface area contributed by atoms with Crippen LogP contribution in [0.25, 0.3) is 22.3 Å². The molecule has 7 heterocycles. The van der Waals surface area contributed by atoms with Gasteiger partial charge < -0.3 is 39.5 Å². The third kappa shape index (κ3) is 10.1. The van der Waals surface area contributed by atoms with E-state index in [-0.39, 0.29) is 59.9 Å². The highest BCUT2D eigenvalue weighted by atomic mass is 35.5. The molecule has 0 unspecified atom stereocenters. The maximum Gasteiger partial charge on any atom is 0.343 e. The van der Waals surface area contributed by atoms with E-state index in [0.717, 1.165) is 105 Å². The van der Waals surface area contributed by atoms with Gasteiger partial charge in [-0.3, -0.25) is 19.3 Å². The molecule has 17 nitrogen and oxygen atoms in total. The van der Waals surface area contributed by atoms with E-state index in [1.165, 1.54) is 0 Å². The second-order valence-corrected chi connectivity index (χ2v) is 21.0. The number of rotatable bonds is 14. The molecule has 3 fully saturated rings. The number of fused-ring (bicyclic) bond motifs is 5. The summed E-state index contributed by atoms with van der Waals surface area (Å²) >= 11 is 6.28. The van der Waals surface area contributed by atoms with Crippen molar-refractivity contribution in [1.29, 1.82) is 5.26 Å². The van der Waals surface area contributed by atoms with Crippen LogP contribution in [-0.4, -0.2) is 116 Å². The molecule has 2 amide bonds. The summed E-state index contributed by atoms with van der Waals surface area (Å²) in [5, 5.41) is 44.7. The van der Waals surface area contributed by atoms with Gasteiger partial charge in [-0.05, 0) is 112 Å². The largest absolute Gasteiger partial charge is 0.508 e. The van der Waals surface area contributed by atoms with E-state index in [9.17, 15) is 34.7 Å². The molecule has 5 aromatic rings. The number of aromatic nitrogens is 4. The zero-order valence-corrected chi connectivity index (χ0v) is 42.4. The summed E-state index contributed by atoms with van der Waals surface area (Å²) in [6, 6.07) is 18.8. The molecule has 4 aliphatic heterocycles. The van der Waals surface area contributed by atoms with Crippen LogP contribution in [0, 0.1) is 17.2 Å². The van der Waals surface area contributed by atoms with Crippen molar-refractivity contribution in [2.45, 2.75) is 121 Å². The predicted molar refractivity (Wildman–Crippen MR) is 276 cm³/mol. The Morgan fingerprint density at radius 1 is 0.945 bits per heavy atom. The number of nitrogens with zero attached hydrogens (tertiary/aromatic N) is 9. The van der Waals surface area contributed by atoms with Gasteiger partial charge in [-0.25, -0.2) is 9.78 Å². The summed E-state index contributed by atoms with van der Waals surface area (Å²) in [4.78, 5) is 66.3.